The molecule has 3 rings (SSSR count). The van der Waals surface area contributed by atoms with Crippen LogP contribution in [0, 0.1) is 6.92 Å². The van der Waals surface area contributed by atoms with E-state index >= 15 is 0 Å². The number of anilines is 1. The predicted octanol–water partition coefficient (Wildman–Crippen LogP) is 1.38. The van der Waals surface area contributed by atoms with E-state index in [0.717, 1.165) is 0 Å². The molecule has 128 valence electrons. The molecule has 0 radical (unpaired) electrons. The van der Waals surface area contributed by atoms with Crippen molar-refractivity contribution in [2.24, 2.45) is 5.73 Å². The van der Waals surface area contributed by atoms with Crippen molar-refractivity contribution in [3.63, 3.8) is 0 Å². The van der Waals surface area contributed by atoms with Crippen LogP contribution in [0.25, 0.3) is 0 Å². The standard InChI is InChI=1S/C16H17N7O2/c1-11-18-8-6-15(19-11)25-13-4-2-12(3-5-13)20-16(24)14-10-23(9-7-17)22-21-14/h2-6,8,10H,7,9,17H2,1H3,(H,20,24). The number of nitrogens with two attached hydrogens (primary N) is 1. The molecule has 9 nitrogen and oxygen atoms in total. The third-order valence-corrected chi connectivity index (χ3v) is 3.21. The van der Waals surface area contributed by atoms with E-state index < -0.39 is 0 Å². The van der Waals surface area contributed by atoms with Gasteiger partial charge in [0.05, 0.1) is 12.7 Å². The highest BCUT2D eigenvalue weighted by Crippen LogP contribution is 2.21. The third kappa shape index (κ3) is 4.36. The quantitative estimate of drug-likeness (QED) is 0.696. The minimum Gasteiger partial charge on any atom is -0.439 e. The molecule has 0 aliphatic carbocycles. The van der Waals surface area contributed by atoms with Crippen molar-refractivity contribution in [3.8, 4) is 11.6 Å². The molecule has 1 aromatic carbocycles. The zero-order valence-electron chi connectivity index (χ0n) is 13.6. The number of benzene rings is 1. The Bertz CT molecular complexity index is 861. The van der Waals surface area contributed by atoms with Gasteiger partial charge in [-0.15, -0.1) is 5.10 Å². The molecule has 0 atom stereocenters. The maximum atomic E-state index is 12.1. The van der Waals surface area contributed by atoms with Gasteiger partial charge in [-0.2, -0.15) is 4.98 Å². The van der Waals surface area contributed by atoms with Gasteiger partial charge in [-0.05, 0) is 31.2 Å². The Hall–Kier alpha value is -3.33. The number of ether oxygens (including phenoxy) is 1. The highest BCUT2D eigenvalue weighted by atomic mass is 16.5. The average Bonchev–Trinajstić information content (AvgIpc) is 3.06. The van der Waals surface area contributed by atoms with E-state index in [0.29, 0.717) is 36.2 Å². The van der Waals surface area contributed by atoms with Crippen LogP contribution in [-0.2, 0) is 6.54 Å². The third-order valence-electron chi connectivity index (χ3n) is 3.21. The fourth-order valence-corrected chi connectivity index (χ4v) is 2.06. The maximum Gasteiger partial charge on any atom is 0.277 e. The number of nitrogens with one attached hydrogen (secondary N) is 1. The number of amides is 1. The summed E-state index contributed by atoms with van der Waals surface area (Å²) in [7, 11) is 0. The van der Waals surface area contributed by atoms with Gasteiger partial charge < -0.3 is 15.8 Å². The predicted molar refractivity (Wildman–Crippen MR) is 90.3 cm³/mol. The molecule has 0 fully saturated rings. The van der Waals surface area contributed by atoms with Gasteiger partial charge >= 0.3 is 0 Å². The van der Waals surface area contributed by atoms with Crippen LogP contribution in [-0.4, -0.2) is 37.4 Å². The summed E-state index contributed by atoms with van der Waals surface area (Å²) in [6.45, 7) is 2.72. The lowest BCUT2D eigenvalue weighted by Gasteiger charge is -2.07. The topological polar surface area (TPSA) is 121 Å². The van der Waals surface area contributed by atoms with E-state index in [1.165, 1.54) is 4.68 Å². The molecule has 0 unspecified atom stereocenters. The first kappa shape index (κ1) is 16.5. The molecule has 0 bridgehead atoms. The molecule has 1 amide bonds. The van der Waals surface area contributed by atoms with Crippen LogP contribution in [0.3, 0.4) is 0 Å². The molecule has 0 saturated carbocycles. The minimum absolute atomic E-state index is 0.227. The summed E-state index contributed by atoms with van der Waals surface area (Å²) in [4.78, 5) is 20.3. The molecule has 2 heterocycles. The summed E-state index contributed by atoms with van der Waals surface area (Å²) >= 11 is 0. The Balaban J connectivity index is 1.62. The summed E-state index contributed by atoms with van der Waals surface area (Å²) in [5, 5.41) is 10.4. The Kier molecular flexibility index (Phi) is 4.95. The number of hydrogen-bond acceptors (Lipinski definition) is 7. The van der Waals surface area contributed by atoms with Crippen molar-refractivity contribution >= 4 is 11.6 Å². The van der Waals surface area contributed by atoms with E-state index in [9.17, 15) is 4.79 Å². The van der Waals surface area contributed by atoms with Gasteiger partial charge in [-0.3, -0.25) is 9.48 Å². The lowest BCUT2D eigenvalue weighted by Crippen LogP contribution is -2.12. The highest BCUT2D eigenvalue weighted by Gasteiger charge is 2.11. The Labute approximate surface area is 143 Å². The van der Waals surface area contributed by atoms with E-state index in [4.69, 9.17) is 10.5 Å². The fourth-order valence-electron chi connectivity index (χ4n) is 2.06. The molecule has 0 spiro atoms. The summed E-state index contributed by atoms with van der Waals surface area (Å²) < 4.78 is 7.16. The first-order valence-corrected chi connectivity index (χ1v) is 7.63. The van der Waals surface area contributed by atoms with Crippen molar-refractivity contribution in [1.82, 2.24) is 25.0 Å². The van der Waals surface area contributed by atoms with Gasteiger partial charge in [0.15, 0.2) is 5.69 Å². The van der Waals surface area contributed by atoms with Crippen LogP contribution in [0.15, 0.2) is 42.7 Å². The lowest BCUT2D eigenvalue weighted by molar-refractivity contribution is 0.102. The Morgan fingerprint density at radius 2 is 2.08 bits per heavy atom. The van der Waals surface area contributed by atoms with E-state index in [2.05, 4.69) is 25.6 Å². The molecule has 0 aliphatic heterocycles. The average molecular weight is 339 g/mol. The SMILES string of the molecule is Cc1nccc(Oc2ccc(NC(=O)c3cn(CCN)nn3)cc2)n1. The normalized spacial score (nSPS) is 10.5. The molecule has 3 N–H and O–H groups in total. The number of carbonyl (C=O) groups is 1. The number of rotatable bonds is 6. The van der Waals surface area contributed by atoms with Crippen LogP contribution in [0.1, 0.15) is 16.3 Å². The molecule has 9 heteroatoms. The van der Waals surface area contributed by atoms with Gasteiger partial charge in [0.25, 0.3) is 5.91 Å². The van der Waals surface area contributed by atoms with Crippen molar-refractivity contribution in [2.45, 2.75) is 13.5 Å². The fraction of sp³-hybridized carbons (Fsp3) is 0.188. The zero-order chi connectivity index (χ0) is 17.6. The molecular formula is C16H17N7O2. The Morgan fingerprint density at radius 3 is 2.80 bits per heavy atom. The second-order valence-corrected chi connectivity index (χ2v) is 5.18. The zero-order valence-corrected chi connectivity index (χ0v) is 13.6. The van der Waals surface area contributed by atoms with Crippen molar-refractivity contribution in [3.05, 3.63) is 54.2 Å². The first-order valence-electron chi connectivity index (χ1n) is 7.63. The number of aryl methyl sites for hydroxylation is 1. The van der Waals surface area contributed by atoms with Crippen molar-refractivity contribution < 1.29 is 9.53 Å². The molecule has 3 aromatic rings. The van der Waals surface area contributed by atoms with Gasteiger partial charge in [0, 0.05) is 24.5 Å². The van der Waals surface area contributed by atoms with Gasteiger partial charge in [0.1, 0.15) is 11.6 Å². The van der Waals surface area contributed by atoms with Crippen LogP contribution >= 0.6 is 0 Å². The molecular weight excluding hydrogens is 322 g/mol. The molecule has 0 aliphatic rings. The molecule has 2 aromatic heterocycles. The minimum atomic E-state index is -0.344. The number of nitrogens with zero attached hydrogens (tertiary/aromatic N) is 5. The maximum absolute atomic E-state index is 12.1. The van der Waals surface area contributed by atoms with E-state index in [1.807, 2.05) is 0 Å². The monoisotopic (exact) mass is 339 g/mol. The second kappa shape index (κ2) is 7.49. The van der Waals surface area contributed by atoms with Gasteiger partial charge in [-0.25, -0.2) is 4.98 Å². The lowest BCUT2D eigenvalue weighted by atomic mass is 10.3. The number of aromatic nitrogens is 5. The van der Waals surface area contributed by atoms with E-state index in [1.54, 1.807) is 49.6 Å². The number of carbonyl (C=O) groups excluding carboxylic acids is 1. The van der Waals surface area contributed by atoms with Crippen molar-refractivity contribution in [1.29, 1.82) is 0 Å². The van der Waals surface area contributed by atoms with Gasteiger partial charge in [-0.1, -0.05) is 5.21 Å². The number of hydrogen-bond donors (Lipinski definition) is 2. The first-order chi connectivity index (χ1) is 12.1. The van der Waals surface area contributed by atoms with Gasteiger partial charge in [0.2, 0.25) is 5.88 Å². The summed E-state index contributed by atoms with van der Waals surface area (Å²) in [5.41, 5.74) is 6.28. The largest absolute Gasteiger partial charge is 0.439 e. The smallest absolute Gasteiger partial charge is 0.277 e. The summed E-state index contributed by atoms with van der Waals surface area (Å²) in [6.07, 6.45) is 3.18. The van der Waals surface area contributed by atoms with Crippen LogP contribution < -0.4 is 15.8 Å². The highest BCUT2D eigenvalue weighted by molar-refractivity contribution is 6.02. The molecule has 25 heavy (non-hydrogen) atoms. The van der Waals surface area contributed by atoms with Crippen molar-refractivity contribution in [2.75, 3.05) is 11.9 Å². The van der Waals surface area contributed by atoms with Crippen LogP contribution in [0.4, 0.5) is 5.69 Å². The second-order valence-electron chi connectivity index (χ2n) is 5.18. The van der Waals surface area contributed by atoms with Crippen LogP contribution in [0.5, 0.6) is 11.6 Å². The van der Waals surface area contributed by atoms with Crippen LogP contribution in [0.2, 0.25) is 0 Å². The van der Waals surface area contributed by atoms with E-state index in [-0.39, 0.29) is 11.6 Å². The molecule has 0 saturated heterocycles. The summed E-state index contributed by atoms with van der Waals surface area (Å²) in [5.74, 6) is 1.35. The summed E-state index contributed by atoms with van der Waals surface area (Å²) in [6, 6.07) is 8.60. The Morgan fingerprint density at radius 1 is 1.28 bits per heavy atom.